The minimum absolute atomic E-state index is 0.0940. The summed E-state index contributed by atoms with van der Waals surface area (Å²) in [5.74, 6) is -1.47. The first-order valence-electron chi connectivity index (χ1n) is 9.27. The Hall–Kier alpha value is -2.63. The smallest absolute Gasteiger partial charge is 0.295 e. The van der Waals surface area contributed by atoms with E-state index >= 15 is 0 Å². The fourth-order valence-corrected chi connectivity index (χ4v) is 3.95. The minimum Gasteiger partial charge on any atom is -0.507 e. The minimum atomic E-state index is -0.681. The van der Waals surface area contributed by atoms with Crippen molar-refractivity contribution in [1.29, 1.82) is 0 Å². The summed E-state index contributed by atoms with van der Waals surface area (Å²) in [6.45, 7) is 0.966. The highest BCUT2D eigenvalue weighted by Crippen LogP contribution is 2.40. The summed E-state index contributed by atoms with van der Waals surface area (Å²) in [6, 6.07) is 15.1. The molecule has 2 aromatic rings. The van der Waals surface area contributed by atoms with Crippen molar-refractivity contribution in [3.05, 3.63) is 76.3 Å². The van der Waals surface area contributed by atoms with Crippen LogP contribution in [0.4, 0.5) is 0 Å². The zero-order chi connectivity index (χ0) is 19.7. The van der Waals surface area contributed by atoms with Crippen LogP contribution in [0.15, 0.2) is 60.2 Å². The van der Waals surface area contributed by atoms with Crippen LogP contribution in [0.5, 0.6) is 0 Å². The van der Waals surface area contributed by atoms with E-state index in [-0.39, 0.29) is 17.4 Å². The fourth-order valence-electron chi connectivity index (χ4n) is 3.82. The van der Waals surface area contributed by atoms with Gasteiger partial charge >= 0.3 is 0 Å². The van der Waals surface area contributed by atoms with Gasteiger partial charge in [0.25, 0.3) is 11.7 Å². The zero-order valence-corrected chi connectivity index (χ0v) is 15.9. The van der Waals surface area contributed by atoms with E-state index in [4.69, 9.17) is 16.3 Å². The molecule has 2 atom stereocenters. The molecule has 4 rings (SSSR count). The van der Waals surface area contributed by atoms with Crippen molar-refractivity contribution in [2.45, 2.75) is 25.0 Å². The van der Waals surface area contributed by atoms with Crippen molar-refractivity contribution in [2.24, 2.45) is 0 Å². The molecule has 2 fully saturated rings. The molecule has 1 N–H and O–H groups in total. The molecule has 144 valence electrons. The standard InChI is InChI=1S/C22H20ClNO4/c23-16-10-8-14(9-11-16)19-18(20(25)15-5-2-1-3-6-15)21(26)22(27)24(19)13-17-7-4-12-28-17/h1-3,5-6,8-11,17,19,25H,4,7,12-13H2/t17-,19+/m1/s1. The maximum Gasteiger partial charge on any atom is 0.295 e. The van der Waals surface area contributed by atoms with Crippen LogP contribution in [-0.2, 0) is 14.3 Å². The summed E-state index contributed by atoms with van der Waals surface area (Å²) in [5, 5.41) is 11.5. The van der Waals surface area contributed by atoms with Gasteiger partial charge in [0.15, 0.2) is 0 Å². The van der Waals surface area contributed by atoms with E-state index in [9.17, 15) is 14.7 Å². The molecule has 1 amide bonds. The Morgan fingerprint density at radius 3 is 2.46 bits per heavy atom. The number of likely N-dealkylation sites (tertiary alicyclic amines) is 1. The number of aliphatic hydroxyl groups excluding tert-OH is 1. The van der Waals surface area contributed by atoms with Crippen LogP contribution in [0.25, 0.3) is 5.76 Å². The number of hydrogen-bond donors (Lipinski definition) is 1. The first-order valence-corrected chi connectivity index (χ1v) is 9.65. The molecule has 28 heavy (non-hydrogen) atoms. The highest BCUT2D eigenvalue weighted by atomic mass is 35.5. The second kappa shape index (κ2) is 7.78. The molecule has 0 radical (unpaired) electrons. The average molecular weight is 398 g/mol. The SMILES string of the molecule is O=C1C(=O)N(C[C@H]2CCCO2)[C@@H](c2ccc(Cl)cc2)C1=C(O)c1ccccc1. The lowest BCUT2D eigenvalue weighted by atomic mass is 9.95. The Kier molecular flexibility index (Phi) is 5.20. The summed E-state index contributed by atoms with van der Waals surface area (Å²) in [6.07, 6.45) is 1.67. The second-order valence-electron chi connectivity index (χ2n) is 7.00. The molecule has 6 heteroatoms. The average Bonchev–Trinajstić information content (AvgIpc) is 3.31. The van der Waals surface area contributed by atoms with Crippen LogP contribution in [0, 0.1) is 0 Å². The zero-order valence-electron chi connectivity index (χ0n) is 15.2. The third-order valence-electron chi connectivity index (χ3n) is 5.20. The van der Waals surface area contributed by atoms with E-state index in [1.807, 2.05) is 6.07 Å². The largest absolute Gasteiger partial charge is 0.507 e. The number of amides is 1. The molecule has 2 heterocycles. The van der Waals surface area contributed by atoms with Crippen LogP contribution in [0.1, 0.15) is 30.0 Å². The molecule has 0 aliphatic carbocycles. The number of carbonyl (C=O) groups excluding carboxylic acids is 2. The highest BCUT2D eigenvalue weighted by Gasteiger charge is 2.46. The van der Waals surface area contributed by atoms with Gasteiger partial charge in [-0.2, -0.15) is 0 Å². The number of ether oxygens (including phenoxy) is 1. The molecule has 2 aromatic carbocycles. The van der Waals surface area contributed by atoms with Crippen LogP contribution in [-0.4, -0.2) is 41.0 Å². The second-order valence-corrected chi connectivity index (χ2v) is 7.44. The topological polar surface area (TPSA) is 66.8 Å². The third kappa shape index (κ3) is 3.43. The number of rotatable bonds is 4. The monoisotopic (exact) mass is 397 g/mol. The number of aliphatic hydroxyl groups is 1. The lowest BCUT2D eigenvalue weighted by Gasteiger charge is -2.27. The number of ketones is 1. The molecule has 0 unspecified atom stereocenters. The predicted octanol–water partition coefficient (Wildman–Crippen LogP) is 3.94. The van der Waals surface area contributed by atoms with E-state index in [2.05, 4.69) is 0 Å². The van der Waals surface area contributed by atoms with Gasteiger partial charge in [0.2, 0.25) is 0 Å². The van der Waals surface area contributed by atoms with E-state index < -0.39 is 17.7 Å². The molecule has 0 aromatic heterocycles. The Bertz CT molecular complexity index is 917. The molecule has 2 aliphatic heterocycles. The van der Waals surface area contributed by atoms with Gasteiger partial charge in [-0.3, -0.25) is 9.59 Å². The number of halogens is 1. The number of nitrogens with zero attached hydrogens (tertiary/aromatic N) is 1. The summed E-state index contributed by atoms with van der Waals surface area (Å²) in [4.78, 5) is 27.2. The van der Waals surface area contributed by atoms with Gasteiger partial charge in [-0.25, -0.2) is 0 Å². The molecule has 0 bridgehead atoms. The van der Waals surface area contributed by atoms with Gasteiger partial charge in [-0.15, -0.1) is 0 Å². The Balaban J connectivity index is 1.81. The van der Waals surface area contributed by atoms with Crippen LogP contribution in [0.2, 0.25) is 5.02 Å². The lowest BCUT2D eigenvalue weighted by Crippen LogP contribution is -2.36. The molecule has 2 saturated heterocycles. The summed E-state index contributed by atoms with van der Waals surface area (Å²) in [7, 11) is 0. The quantitative estimate of drug-likeness (QED) is 0.482. The Morgan fingerprint density at radius 1 is 1.11 bits per heavy atom. The van der Waals surface area contributed by atoms with Crippen LogP contribution < -0.4 is 0 Å². The van der Waals surface area contributed by atoms with E-state index in [0.29, 0.717) is 23.7 Å². The van der Waals surface area contributed by atoms with Crippen molar-refractivity contribution in [3.63, 3.8) is 0 Å². The van der Waals surface area contributed by atoms with Crippen molar-refractivity contribution in [2.75, 3.05) is 13.2 Å². The van der Waals surface area contributed by atoms with E-state index in [1.54, 1.807) is 48.5 Å². The first-order chi connectivity index (χ1) is 13.6. The number of Topliss-reactive ketones (excluding diaryl/α,β-unsaturated/α-hetero) is 1. The van der Waals surface area contributed by atoms with Crippen molar-refractivity contribution >= 4 is 29.1 Å². The van der Waals surface area contributed by atoms with Crippen molar-refractivity contribution in [3.8, 4) is 0 Å². The maximum atomic E-state index is 12.9. The van der Waals surface area contributed by atoms with Crippen LogP contribution in [0.3, 0.4) is 0 Å². The third-order valence-corrected chi connectivity index (χ3v) is 5.45. The number of benzene rings is 2. The van der Waals surface area contributed by atoms with E-state index in [0.717, 1.165) is 18.4 Å². The fraction of sp³-hybridized carbons (Fsp3) is 0.273. The normalized spacial score (nSPS) is 24.1. The molecule has 2 aliphatic rings. The van der Waals surface area contributed by atoms with Gasteiger partial charge in [0, 0.05) is 23.7 Å². The number of hydrogen-bond acceptors (Lipinski definition) is 4. The lowest BCUT2D eigenvalue weighted by molar-refractivity contribution is -0.140. The van der Waals surface area contributed by atoms with Gasteiger partial charge in [-0.1, -0.05) is 54.1 Å². The van der Waals surface area contributed by atoms with Crippen molar-refractivity contribution in [1.82, 2.24) is 4.90 Å². The van der Waals surface area contributed by atoms with Gasteiger partial charge in [0.05, 0.1) is 17.7 Å². The van der Waals surface area contributed by atoms with Crippen molar-refractivity contribution < 1.29 is 19.4 Å². The number of carbonyl (C=O) groups is 2. The summed E-state index contributed by atoms with van der Waals surface area (Å²) < 4.78 is 5.68. The Labute approximate surface area is 168 Å². The molecule has 5 nitrogen and oxygen atoms in total. The molecule has 0 spiro atoms. The summed E-state index contributed by atoms with van der Waals surface area (Å²) >= 11 is 6.02. The summed E-state index contributed by atoms with van der Waals surface area (Å²) in [5.41, 5.74) is 1.31. The van der Waals surface area contributed by atoms with Gasteiger partial charge < -0.3 is 14.7 Å². The molecular formula is C22H20ClNO4. The molecular weight excluding hydrogens is 378 g/mol. The Morgan fingerprint density at radius 2 is 1.82 bits per heavy atom. The molecule has 0 saturated carbocycles. The van der Waals surface area contributed by atoms with Gasteiger partial charge in [0.1, 0.15) is 5.76 Å². The maximum absolute atomic E-state index is 12.9. The first kappa shape index (κ1) is 18.7. The van der Waals surface area contributed by atoms with Crippen LogP contribution >= 0.6 is 11.6 Å². The highest BCUT2D eigenvalue weighted by molar-refractivity contribution is 6.46. The van der Waals surface area contributed by atoms with Gasteiger partial charge in [-0.05, 0) is 30.5 Å². The predicted molar refractivity (Wildman–Crippen MR) is 106 cm³/mol. The van der Waals surface area contributed by atoms with E-state index in [1.165, 1.54) is 4.90 Å².